The van der Waals surface area contributed by atoms with Crippen molar-refractivity contribution >= 4 is 17.5 Å². The summed E-state index contributed by atoms with van der Waals surface area (Å²) in [5.41, 5.74) is 1.87. The van der Waals surface area contributed by atoms with Crippen LogP contribution in [0.1, 0.15) is 32.8 Å². The summed E-state index contributed by atoms with van der Waals surface area (Å²) in [4.78, 5) is 16.2. The van der Waals surface area contributed by atoms with Crippen molar-refractivity contribution in [1.29, 1.82) is 0 Å². The molecule has 1 fully saturated rings. The number of amides is 1. The van der Waals surface area contributed by atoms with Gasteiger partial charge in [-0.25, -0.2) is 13.6 Å². The molecule has 1 amide bonds. The Labute approximate surface area is 176 Å². The molecular formula is C23H29F2N3O2. The fourth-order valence-electron chi connectivity index (χ4n) is 3.49. The van der Waals surface area contributed by atoms with Crippen LogP contribution in [0.15, 0.2) is 42.5 Å². The van der Waals surface area contributed by atoms with E-state index >= 15 is 0 Å². The van der Waals surface area contributed by atoms with E-state index in [1.54, 1.807) is 32.9 Å². The van der Waals surface area contributed by atoms with Gasteiger partial charge in [-0.15, -0.1) is 0 Å². The normalized spacial score (nSPS) is 15.0. The van der Waals surface area contributed by atoms with Crippen LogP contribution >= 0.6 is 0 Å². The van der Waals surface area contributed by atoms with Gasteiger partial charge >= 0.3 is 6.09 Å². The molecule has 5 nitrogen and oxygen atoms in total. The van der Waals surface area contributed by atoms with Gasteiger partial charge in [0.25, 0.3) is 0 Å². The Morgan fingerprint density at radius 3 is 2.20 bits per heavy atom. The Morgan fingerprint density at radius 2 is 1.57 bits per heavy atom. The first-order valence-corrected chi connectivity index (χ1v) is 10.2. The number of alkyl carbamates (subject to hydrolysis) is 1. The van der Waals surface area contributed by atoms with E-state index in [2.05, 4.69) is 15.1 Å². The average Bonchev–Trinajstić information content (AvgIpc) is 2.92. The maximum Gasteiger partial charge on any atom is 0.407 e. The number of anilines is 2. The van der Waals surface area contributed by atoms with Gasteiger partial charge in [-0.1, -0.05) is 0 Å². The molecule has 0 unspecified atom stereocenters. The lowest BCUT2D eigenvalue weighted by Crippen LogP contribution is -2.32. The van der Waals surface area contributed by atoms with Crippen LogP contribution in [0.2, 0.25) is 0 Å². The minimum atomic E-state index is -0.584. The first-order chi connectivity index (χ1) is 14.2. The molecule has 30 heavy (non-hydrogen) atoms. The summed E-state index contributed by atoms with van der Waals surface area (Å²) in [6, 6.07) is 11.3. The van der Waals surface area contributed by atoms with Crippen LogP contribution in [0.3, 0.4) is 0 Å². The first kappa shape index (κ1) is 21.9. The lowest BCUT2D eigenvalue weighted by Gasteiger charge is -2.25. The van der Waals surface area contributed by atoms with Crippen molar-refractivity contribution in [2.75, 3.05) is 36.0 Å². The third-order valence-corrected chi connectivity index (χ3v) is 4.83. The molecule has 1 saturated heterocycles. The molecule has 1 heterocycles. The summed E-state index contributed by atoms with van der Waals surface area (Å²) in [5, 5.41) is 2.67. The van der Waals surface area contributed by atoms with Crippen molar-refractivity contribution in [3.8, 4) is 0 Å². The highest BCUT2D eigenvalue weighted by Gasteiger charge is 2.18. The maximum absolute atomic E-state index is 14.2. The van der Waals surface area contributed by atoms with Crippen LogP contribution < -0.4 is 15.1 Å². The van der Waals surface area contributed by atoms with Crippen molar-refractivity contribution in [2.24, 2.45) is 0 Å². The van der Waals surface area contributed by atoms with Crippen LogP contribution in [-0.2, 0) is 11.3 Å². The maximum atomic E-state index is 14.2. The molecule has 0 aromatic heterocycles. The van der Waals surface area contributed by atoms with Gasteiger partial charge < -0.3 is 19.9 Å². The second-order valence-electron chi connectivity index (χ2n) is 8.48. The molecule has 0 aliphatic carbocycles. The van der Waals surface area contributed by atoms with E-state index in [-0.39, 0.29) is 18.2 Å². The molecule has 0 bridgehead atoms. The van der Waals surface area contributed by atoms with Crippen LogP contribution in [0.5, 0.6) is 0 Å². The molecule has 7 heteroatoms. The molecule has 1 aliphatic rings. The number of hydrogen-bond donors (Lipinski definition) is 1. The number of carbonyl (C=O) groups is 1. The highest BCUT2D eigenvalue weighted by molar-refractivity contribution is 5.67. The molecule has 2 aromatic rings. The SMILES string of the molecule is CC(C)(C)OC(=O)NCc1cc(F)cc(N2CCCN(c3ccc(F)cc3)CC2)c1. The van der Waals surface area contributed by atoms with Gasteiger partial charge in [-0.3, -0.25) is 0 Å². The van der Waals surface area contributed by atoms with Crippen molar-refractivity contribution in [2.45, 2.75) is 39.3 Å². The Kier molecular flexibility index (Phi) is 6.80. The molecule has 3 rings (SSSR count). The number of ether oxygens (including phenoxy) is 1. The van der Waals surface area contributed by atoms with Crippen LogP contribution in [0.25, 0.3) is 0 Å². The highest BCUT2D eigenvalue weighted by Crippen LogP contribution is 2.23. The van der Waals surface area contributed by atoms with E-state index in [0.717, 1.165) is 44.0 Å². The van der Waals surface area contributed by atoms with Gasteiger partial charge in [0.2, 0.25) is 0 Å². The topological polar surface area (TPSA) is 44.8 Å². The van der Waals surface area contributed by atoms with Gasteiger partial charge in [0.1, 0.15) is 17.2 Å². The van der Waals surface area contributed by atoms with Crippen LogP contribution in [-0.4, -0.2) is 37.9 Å². The summed E-state index contributed by atoms with van der Waals surface area (Å²) in [6.45, 7) is 8.69. The fraction of sp³-hybridized carbons (Fsp3) is 0.435. The standard InChI is InChI=1S/C23H29F2N3O2/c1-23(2,3)30-22(29)26-16-17-13-19(25)15-21(14-17)28-10-4-9-27(11-12-28)20-7-5-18(24)6-8-20/h5-8,13-15H,4,9-12,16H2,1-3H3,(H,26,29). The Morgan fingerprint density at radius 1 is 0.933 bits per heavy atom. The summed E-state index contributed by atoms with van der Waals surface area (Å²) < 4.78 is 32.7. The zero-order valence-corrected chi connectivity index (χ0v) is 17.8. The third-order valence-electron chi connectivity index (χ3n) is 4.83. The Balaban J connectivity index is 1.64. The molecule has 2 aromatic carbocycles. The second-order valence-corrected chi connectivity index (χ2v) is 8.48. The lowest BCUT2D eigenvalue weighted by atomic mass is 10.1. The monoisotopic (exact) mass is 417 g/mol. The predicted octanol–water partition coefficient (Wildman–Crippen LogP) is 4.71. The minimum absolute atomic E-state index is 0.190. The Hall–Kier alpha value is -2.83. The number of hydrogen-bond acceptors (Lipinski definition) is 4. The van der Waals surface area contributed by atoms with Crippen molar-refractivity contribution < 1.29 is 18.3 Å². The molecule has 162 valence electrons. The number of nitrogens with one attached hydrogen (secondary N) is 1. The van der Waals surface area contributed by atoms with Crippen LogP contribution in [0.4, 0.5) is 25.0 Å². The number of carbonyl (C=O) groups excluding carboxylic acids is 1. The predicted molar refractivity (Wildman–Crippen MR) is 115 cm³/mol. The molecule has 1 aliphatic heterocycles. The van der Waals surface area contributed by atoms with Gasteiger partial charge in [0.15, 0.2) is 0 Å². The number of nitrogens with zero attached hydrogens (tertiary/aromatic N) is 2. The summed E-state index contributed by atoms with van der Waals surface area (Å²) >= 11 is 0. The molecule has 0 atom stereocenters. The number of halogens is 2. The average molecular weight is 418 g/mol. The molecule has 0 radical (unpaired) electrons. The van der Waals surface area contributed by atoms with E-state index in [9.17, 15) is 13.6 Å². The summed E-state index contributed by atoms with van der Waals surface area (Å²) in [7, 11) is 0. The quantitative estimate of drug-likeness (QED) is 0.783. The van der Waals surface area contributed by atoms with Gasteiger partial charge in [0, 0.05) is 44.1 Å². The third kappa shape index (κ3) is 6.34. The molecule has 1 N–H and O–H groups in total. The van der Waals surface area contributed by atoms with Crippen molar-refractivity contribution in [3.63, 3.8) is 0 Å². The second kappa shape index (κ2) is 9.32. The number of benzene rings is 2. The van der Waals surface area contributed by atoms with Crippen molar-refractivity contribution in [1.82, 2.24) is 5.32 Å². The highest BCUT2D eigenvalue weighted by atomic mass is 19.1. The molecule has 0 saturated carbocycles. The van der Waals surface area contributed by atoms with Crippen molar-refractivity contribution in [3.05, 3.63) is 59.7 Å². The zero-order valence-electron chi connectivity index (χ0n) is 17.8. The van der Waals surface area contributed by atoms with E-state index in [4.69, 9.17) is 4.74 Å². The zero-order chi connectivity index (χ0) is 21.7. The van der Waals surface area contributed by atoms with Gasteiger partial charge in [-0.2, -0.15) is 0 Å². The van der Waals surface area contributed by atoms with E-state index in [1.165, 1.54) is 24.3 Å². The largest absolute Gasteiger partial charge is 0.444 e. The van der Waals surface area contributed by atoms with Gasteiger partial charge in [0.05, 0.1) is 0 Å². The molecular weight excluding hydrogens is 388 g/mol. The number of rotatable bonds is 4. The van der Waals surface area contributed by atoms with E-state index in [1.807, 2.05) is 6.07 Å². The molecule has 0 spiro atoms. The summed E-state index contributed by atoms with van der Waals surface area (Å²) in [6.07, 6.45) is 0.373. The lowest BCUT2D eigenvalue weighted by molar-refractivity contribution is 0.0523. The van der Waals surface area contributed by atoms with E-state index in [0.29, 0.717) is 5.56 Å². The fourth-order valence-corrected chi connectivity index (χ4v) is 3.49. The van der Waals surface area contributed by atoms with E-state index < -0.39 is 11.7 Å². The smallest absolute Gasteiger partial charge is 0.407 e. The minimum Gasteiger partial charge on any atom is -0.444 e. The Bertz CT molecular complexity index is 866. The summed E-state index contributed by atoms with van der Waals surface area (Å²) in [5.74, 6) is -0.587. The van der Waals surface area contributed by atoms with Crippen LogP contribution in [0, 0.1) is 11.6 Å². The first-order valence-electron chi connectivity index (χ1n) is 10.2. The van der Waals surface area contributed by atoms with Gasteiger partial charge in [-0.05, 0) is 75.2 Å².